The lowest BCUT2D eigenvalue weighted by molar-refractivity contribution is -0.137. The van der Waals surface area contributed by atoms with Gasteiger partial charge in [0.15, 0.2) is 5.78 Å². The number of imide groups is 1. The molecule has 212 valence electrons. The van der Waals surface area contributed by atoms with E-state index in [-0.39, 0.29) is 37.2 Å². The molecule has 3 aromatic carbocycles. The zero-order valence-electron chi connectivity index (χ0n) is 23.0. The first-order valence-electron chi connectivity index (χ1n) is 13.9. The third-order valence-corrected chi connectivity index (χ3v) is 7.52. The zero-order valence-corrected chi connectivity index (χ0v) is 23.0. The number of hydrogen-bond acceptors (Lipinski definition) is 8. The summed E-state index contributed by atoms with van der Waals surface area (Å²) in [5.74, 6) is -0.353. The number of fused-ring (bicyclic) bond motifs is 2. The van der Waals surface area contributed by atoms with Crippen LogP contribution >= 0.6 is 0 Å². The van der Waals surface area contributed by atoms with Gasteiger partial charge < -0.3 is 15.4 Å². The summed E-state index contributed by atoms with van der Waals surface area (Å²) < 4.78 is 6.00. The van der Waals surface area contributed by atoms with E-state index in [0.717, 1.165) is 35.6 Å². The number of unbranched alkanes of at least 4 members (excludes halogenated alkanes) is 2. The number of benzene rings is 3. The number of rotatable bonds is 11. The van der Waals surface area contributed by atoms with Crippen LogP contribution in [0.2, 0.25) is 0 Å². The van der Waals surface area contributed by atoms with Crippen molar-refractivity contribution < 1.29 is 23.9 Å². The molecule has 1 atom stereocenters. The second-order valence-electron chi connectivity index (χ2n) is 10.4. The standard InChI is InChI=1S/C31H33N5O5/c1-19-16-26(21-9-4-5-10-22(21)29(19)41-18-20(37)8-3-2-6-15-32)35-34-25-12-7-11-23-24(25)17-36(31(23)40)27-13-14-28(38)33-30(27)39/h4-5,7,9-12,16,27H,2-3,6,8,13-15,17-18,32H2,1H3,(H,33,38,39). The molecule has 0 radical (unpaired) electrons. The Morgan fingerprint density at radius 3 is 2.59 bits per heavy atom. The molecule has 1 fully saturated rings. The average molecular weight is 556 g/mol. The number of aryl methyl sites for hydroxylation is 1. The minimum Gasteiger partial charge on any atom is -0.485 e. The molecule has 2 aliphatic rings. The second-order valence-corrected chi connectivity index (χ2v) is 10.4. The Hall–Kier alpha value is -4.44. The molecule has 0 spiro atoms. The van der Waals surface area contributed by atoms with Crippen LogP contribution in [0, 0.1) is 6.92 Å². The normalized spacial score (nSPS) is 16.9. The summed E-state index contributed by atoms with van der Waals surface area (Å²) in [5, 5.41) is 13.1. The lowest BCUT2D eigenvalue weighted by atomic mass is 10.0. The van der Waals surface area contributed by atoms with Crippen molar-refractivity contribution in [3.63, 3.8) is 0 Å². The maximum Gasteiger partial charge on any atom is 0.255 e. The van der Waals surface area contributed by atoms with Gasteiger partial charge in [-0.05, 0) is 56.5 Å². The summed E-state index contributed by atoms with van der Waals surface area (Å²) >= 11 is 0. The maximum atomic E-state index is 13.1. The SMILES string of the molecule is Cc1cc(N=Nc2cccc3c2CN(C2CCC(=O)NC2=O)C3=O)c2ccccc2c1OCC(=O)CCCCCN. The van der Waals surface area contributed by atoms with Crippen LogP contribution in [0.15, 0.2) is 58.8 Å². The van der Waals surface area contributed by atoms with Gasteiger partial charge in [0.25, 0.3) is 5.91 Å². The van der Waals surface area contributed by atoms with E-state index in [1.54, 1.807) is 18.2 Å². The number of nitrogens with two attached hydrogens (primary N) is 1. The summed E-state index contributed by atoms with van der Waals surface area (Å²) in [6.45, 7) is 2.75. The van der Waals surface area contributed by atoms with E-state index in [2.05, 4.69) is 15.5 Å². The number of ether oxygens (including phenoxy) is 1. The highest BCUT2D eigenvalue weighted by Crippen LogP contribution is 2.39. The molecule has 41 heavy (non-hydrogen) atoms. The first kappa shape index (κ1) is 28.1. The van der Waals surface area contributed by atoms with E-state index in [0.29, 0.717) is 47.6 Å². The third-order valence-electron chi connectivity index (χ3n) is 7.52. The van der Waals surface area contributed by atoms with Gasteiger partial charge in [-0.25, -0.2) is 0 Å². The molecule has 3 N–H and O–H groups in total. The Morgan fingerprint density at radius 2 is 1.80 bits per heavy atom. The zero-order chi connectivity index (χ0) is 28.9. The van der Waals surface area contributed by atoms with Crippen molar-refractivity contribution in [2.75, 3.05) is 13.2 Å². The van der Waals surface area contributed by atoms with Crippen LogP contribution in [0.4, 0.5) is 11.4 Å². The Bertz CT molecular complexity index is 1550. The van der Waals surface area contributed by atoms with Gasteiger partial charge in [0.2, 0.25) is 11.8 Å². The second kappa shape index (κ2) is 12.4. The molecule has 0 aromatic heterocycles. The first-order chi connectivity index (χ1) is 19.9. The highest BCUT2D eigenvalue weighted by Gasteiger charge is 2.39. The molecular formula is C31H33N5O5. The molecular weight excluding hydrogens is 522 g/mol. The summed E-state index contributed by atoms with van der Waals surface area (Å²) in [6.07, 6.45) is 3.59. The van der Waals surface area contributed by atoms with Crippen LogP contribution in [-0.4, -0.2) is 47.6 Å². The largest absolute Gasteiger partial charge is 0.485 e. The predicted octanol–water partition coefficient (Wildman–Crippen LogP) is 4.79. The van der Waals surface area contributed by atoms with Crippen LogP contribution in [0.5, 0.6) is 5.75 Å². The van der Waals surface area contributed by atoms with Crippen molar-refractivity contribution in [2.45, 2.75) is 58.0 Å². The van der Waals surface area contributed by atoms with Crippen LogP contribution < -0.4 is 15.8 Å². The molecule has 0 saturated carbocycles. The van der Waals surface area contributed by atoms with Crippen LogP contribution in [0.1, 0.15) is 60.0 Å². The van der Waals surface area contributed by atoms with E-state index in [1.807, 2.05) is 37.3 Å². The van der Waals surface area contributed by atoms with Gasteiger partial charge in [-0.15, -0.1) is 5.11 Å². The first-order valence-corrected chi connectivity index (χ1v) is 13.9. The number of nitrogens with zero attached hydrogens (tertiary/aromatic N) is 3. The van der Waals surface area contributed by atoms with Crippen molar-refractivity contribution in [3.8, 4) is 5.75 Å². The van der Waals surface area contributed by atoms with E-state index in [4.69, 9.17) is 10.5 Å². The van der Waals surface area contributed by atoms with Gasteiger partial charge in [-0.2, -0.15) is 5.11 Å². The minimum absolute atomic E-state index is 0.00216. The van der Waals surface area contributed by atoms with Crippen molar-refractivity contribution in [1.82, 2.24) is 10.2 Å². The van der Waals surface area contributed by atoms with Gasteiger partial charge >= 0.3 is 0 Å². The molecule has 0 bridgehead atoms. The Kier molecular flexibility index (Phi) is 8.49. The Balaban J connectivity index is 1.36. The monoisotopic (exact) mass is 555 g/mol. The highest BCUT2D eigenvalue weighted by atomic mass is 16.5. The van der Waals surface area contributed by atoms with Crippen LogP contribution in [0.3, 0.4) is 0 Å². The predicted molar refractivity (Wildman–Crippen MR) is 153 cm³/mol. The molecule has 1 saturated heterocycles. The lowest BCUT2D eigenvalue weighted by Gasteiger charge is -2.29. The summed E-state index contributed by atoms with van der Waals surface area (Å²) in [6, 6.07) is 14.1. The number of nitrogens with one attached hydrogen (secondary N) is 1. The van der Waals surface area contributed by atoms with Crippen molar-refractivity contribution in [1.29, 1.82) is 0 Å². The summed E-state index contributed by atoms with van der Waals surface area (Å²) in [4.78, 5) is 51.0. The molecule has 0 aliphatic carbocycles. The molecule has 3 amide bonds. The van der Waals surface area contributed by atoms with Gasteiger partial charge in [0.05, 0.1) is 11.4 Å². The molecule has 1 unspecified atom stereocenters. The van der Waals surface area contributed by atoms with E-state index in [1.165, 1.54) is 4.90 Å². The quantitative estimate of drug-likeness (QED) is 0.198. The summed E-state index contributed by atoms with van der Waals surface area (Å²) in [7, 11) is 0. The fourth-order valence-corrected chi connectivity index (χ4v) is 5.38. The van der Waals surface area contributed by atoms with Crippen LogP contribution in [0.25, 0.3) is 10.8 Å². The molecule has 3 aromatic rings. The molecule has 10 heteroatoms. The molecule has 2 aliphatic heterocycles. The number of carbonyl (C=O) groups excluding carboxylic acids is 4. The van der Waals surface area contributed by atoms with Gasteiger partial charge in [0, 0.05) is 41.3 Å². The fourth-order valence-electron chi connectivity index (χ4n) is 5.38. The third kappa shape index (κ3) is 6.02. The van der Waals surface area contributed by atoms with E-state index >= 15 is 0 Å². The highest BCUT2D eigenvalue weighted by molar-refractivity contribution is 6.06. The molecule has 10 nitrogen and oxygen atoms in total. The van der Waals surface area contributed by atoms with Crippen molar-refractivity contribution in [3.05, 3.63) is 65.2 Å². The number of Topliss-reactive ketones (excluding diaryl/α,β-unsaturated/α-hetero) is 1. The summed E-state index contributed by atoms with van der Waals surface area (Å²) in [5.41, 5.74) is 8.68. The smallest absolute Gasteiger partial charge is 0.255 e. The Morgan fingerprint density at radius 1 is 1.02 bits per heavy atom. The fraction of sp³-hybridized carbons (Fsp3) is 0.355. The number of piperidine rings is 1. The van der Waals surface area contributed by atoms with Crippen LogP contribution in [-0.2, 0) is 20.9 Å². The van der Waals surface area contributed by atoms with Crippen molar-refractivity contribution in [2.24, 2.45) is 16.0 Å². The lowest BCUT2D eigenvalue weighted by Crippen LogP contribution is -2.52. The van der Waals surface area contributed by atoms with E-state index < -0.39 is 11.9 Å². The Labute approximate surface area is 237 Å². The maximum absolute atomic E-state index is 13.1. The minimum atomic E-state index is -0.700. The number of hydrogen-bond donors (Lipinski definition) is 2. The number of azo groups is 1. The molecule has 5 rings (SSSR count). The number of carbonyl (C=O) groups is 4. The average Bonchev–Trinajstić information content (AvgIpc) is 3.30. The van der Waals surface area contributed by atoms with Crippen molar-refractivity contribution >= 4 is 45.7 Å². The van der Waals surface area contributed by atoms with Gasteiger partial charge in [-0.1, -0.05) is 36.8 Å². The van der Waals surface area contributed by atoms with E-state index in [9.17, 15) is 19.2 Å². The van der Waals surface area contributed by atoms with Gasteiger partial charge in [0.1, 0.15) is 18.4 Å². The number of amides is 3. The molecule has 2 heterocycles. The topological polar surface area (TPSA) is 144 Å². The van der Waals surface area contributed by atoms with Gasteiger partial charge in [-0.3, -0.25) is 24.5 Å². The number of ketones is 1.